The molecule has 0 saturated heterocycles. The van der Waals surface area contributed by atoms with Crippen LogP contribution < -0.4 is 5.73 Å². The molecule has 0 aliphatic heterocycles. The molecule has 2 N–H and O–H groups in total. The van der Waals surface area contributed by atoms with E-state index in [1.807, 2.05) is 23.8 Å². The Morgan fingerprint density at radius 1 is 1.57 bits per heavy atom. The highest BCUT2D eigenvalue weighted by molar-refractivity contribution is 9.09. The molecule has 6 heteroatoms. The number of aromatic nitrogens is 3. The number of nitrogens with two attached hydrogens (primary N) is 1. The molecule has 0 fully saturated rings. The molecule has 0 amide bonds. The molecule has 74 valence electrons. The topological polar surface area (TPSA) is 56.7 Å². The van der Waals surface area contributed by atoms with Gasteiger partial charge in [-0.3, -0.25) is 0 Å². The number of hydrogen-bond acceptors (Lipinski definition) is 3. The van der Waals surface area contributed by atoms with Crippen molar-refractivity contribution in [2.24, 2.45) is 0 Å². The first-order valence-electron chi connectivity index (χ1n) is 4.03. The summed E-state index contributed by atoms with van der Waals surface area (Å²) >= 11 is 9.37. The van der Waals surface area contributed by atoms with Crippen molar-refractivity contribution in [1.82, 2.24) is 14.5 Å². The third-order valence-corrected chi connectivity index (χ3v) is 2.66. The molecule has 2 rings (SSSR count). The van der Waals surface area contributed by atoms with Crippen LogP contribution in [-0.4, -0.2) is 14.5 Å². The zero-order valence-corrected chi connectivity index (χ0v) is 9.75. The number of fused-ring (bicyclic) bond motifs is 1. The van der Waals surface area contributed by atoms with Gasteiger partial charge in [0.05, 0.1) is 10.3 Å². The van der Waals surface area contributed by atoms with Crippen LogP contribution in [0.5, 0.6) is 0 Å². The second-order valence-corrected chi connectivity index (χ2v) is 4.59. The number of rotatable bonds is 1. The Balaban J connectivity index is 2.78. The van der Waals surface area contributed by atoms with Gasteiger partial charge in [-0.2, -0.15) is 4.98 Å². The average molecular weight is 276 g/mol. The Bertz CT molecular complexity index is 479. The van der Waals surface area contributed by atoms with Gasteiger partial charge in [-0.25, -0.2) is 4.98 Å². The molecule has 0 aliphatic rings. The fourth-order valence-corrected chi connectivity index (χ4v) is 1.86. The molecule has 2 aromatic heterocycles. The number of nitrogens with zero attached hydrogens (tertiary/aromatic N) is 3. The Morgan fingerprint density at radius 3 is 2.93 bits per heavy atom. The van der Waals surface area contributed by atoms with Gasteiger partial charge < -0.3 is 10.3 Å². The highest BCUT2D eigenvalue weighted by Gasteiger charge is 2.10. The van der Waals surface area contributed by atoms with Crippen molar-refractivity contribution in [2.45, 2.75) is 11.9 Å². The molecule has 0 radical (unpaired) electrons. The lowest BCUT2D eigenvalue weighted by atomic mass is 10.4. The molecule has 0 aliphatic carbocycles. The fourth-order valence-electron chi connectivity index (χ4n) is 1.30. The highest BCUT2D eigenvalue weighted by atomic mass is 79.9. The van der Waals surface area contributed by atoms with Gasteiger partial charge in [0.1, 0.15) is 10.8 Å². The highest BCUT2D eigenvalue weighted by Crippen LogP contribution is 2.26. The number of hydrogen-bond donors (Lipinski definition) is 1. The summed E-state index contributed by atoms with van der Waals surface area (Å²) < 4.78 is 1.93. The van der Waals surface area contributed by atoms with E-state index in [2.05, 4.69) is 25.9 Å². The molecule has 1 atom stereocenters. The minimum Gasteiger partial charge on any atom is -0.368 e. The zero-order chi connectivity index (χ0) is 10.3. The van der Waals surface area contributed by atoms with Crippen LogP contribution in [0.15, 0.2) is 12.3 Å². The Labute approximate surface area is 94.2 Å². The predicted molar refractivity (Wildman–Crippen MR) is 60.6 cm³/mol. The van der Waals surface area contributed by atoms with Gasteiger partial charge in [0.25, 0.3) is 0 Å². The predicted octanol–water partition coefficient (Wildman–Crippen LogP) is 2.58. The molecule has 0 spiro atoms. The third kappa shape index (κ3) is 1.46. The molecule has 2 heterocycles. The SMILES string of the molecule is CC(Br)n1ccc2c(Cl)nc(N)nc21. The van der Waals surface area contributed by atoms with Gasteiger partial charge in [-0.05, 0) is 13.0 Å². The first-order valence-corrected chi connectivity index (χ1v) is 5.32. The zero-order valence-electron chi connectivity index (χ0n) is 7.41. The fraction of sp³-hybridized carbons (Fsp3) is 0.250. The van der Waals surface area contributed by atoms with Crippen molar-refractivity contribution >= 4 is 44.5 Å². The molecule has 14 heavy (non-hydrogen) atoms. The van der Waals surface area contributed by atoms with E-state index in [-0.39, 0.29) is 10.9 Å². The number of alkyl halides is 1. The van der Waals surface area contributed by atoms with Crippen LogP contribution >= 0.6 is 27.5 Å². The van der Waals surface area contributed by atoms with Gasteiger partial charge in [-0.15, -0.1) is 0 Å². The van der Waals surface area contributed by atoms with Crippen molar-refractivity contribution < 1.29 is 0 Å². The maximum atomic E-state index is 5.92. The van der Waals surface area contributed by atoms with Crippen LogP contribution in [0.2, 0.25) is 5.15 Å². The lowest BCUT2D eigenvalue weighted by Gasteiger charge is -2.06. The van der Waals surface area contributed by atoms with Gasteiger partial charge in [0, 0.05) is 6.20 Å². The van der Waals surface area contributed by atoms with Crippen LogP contribution in [0.1, 0.15) is 11.9 Å². The average Bonchev–Trinajstić information content (AvgIpc) is 2.47. The standard InChI is InChI=1S/C8H8BrClN4/c1-4(9)14-3-2-5-6(10)12-8(11)13-7(5)14/h2-4H,1H3,(H2,11,12,13). The van der Waals surface area contributed by atoms with Gasteiger partial charge in [0.2, 0.25) is 5.95 Å². The molecule has 2 aromatic rings. The summed E-state index contributed by atoms with van der Waals surface area (Å²) in [5.41, 5.74) is 6.26. The van der Waals surface area contributed by atoms with Crippen molar-refractivity contribution in [2.75, 3.05) is 5.73 Å². The lowest BCUT2D eigenvalue weighted by Crippen LogP contribution is -2.01. The lowest BCUT2D eigenvalue weighted by molar-refractivity contribution is 0.777. The molecule has 4 nitrogen and oxygen atoms in total. The van der Waals surface area contributed by atoms with E-state index in [0.717, 1.165) is 11.0 Å². The molecule has 0 saturated carbocycles. The Morgan fingerprint density at radius 2 is 2.29 bits per heavy atom. The van der Waals surface area contributed by atoms with Crippen LogP contribution in [0.4, 0.5) is 5.95 Å². The quantitative estimate of drug-likeness (QED) is 0.643. The minimum absolute atomic E-state index is 0.144. The van der Waals surface area contributed by atoms with E-state index in [0.29, 0.717) is 5.15 Å². The second kappa shape index (κ2) is 3.40. The molecular formula is C8H8BrClN4. The summed E-state index contributed by atoms with van der Waals surface area (Å²) in [6, 6.07) is 1.87. The normalized spacial score (nSPS) is 13.4. The van der Waals surface area contributed by atoms with Crippen LogP contribution in [0, 0.1) is 0 Å². The molecular weight excluding hydrogens is 267 g/mol. The third-order valence-electron chi connectivity index (χ3n) is 1.93. The van der Waals surface area contributed by atoms with Crippen LogP contribution in [0.25, 0.3) is 11.0 Å². The summed E-state index contributed by atoms with van der Waals surface area (Å²) in [4.78, 5) is 8.15. The smallest absolute Gasteiger partial charge is 0.223 e. The Kier molecular flexibility index (Phi) is 2.36. The number of anilines is 1. The summed E-state index contributed by atoms with van der Waals surface area (Å²) in [5, 5.41) is 1.20. The van der Waals surface area contributed by atoms with Gasteiger partial charge in [-0.1, -0.05) is 27.5 Å². The van der Waals surface area contributed by atoms with E-state index < -0.39 is 0 Å². The Hall–Kier alpha value is -0.810. The van der Waals surface area contributed by atoms with E-state index >= 15 is 0 Å². The number of nitrogen functional groups attached to an aromatic ring is 1. The first kappa shape index (κ1) is 9.73. The van der Waals surface area contributed by atoms with Crippen LogP contribution in [-0.2, 0) is 0 Å². The maximum absolute atomic E-state index is 5.92. The monoisotopic (exact) mass is 274 g/mol. The van der Waals surface area contributed by atoms with Gasteiger partial charge >= 0.3 is 0 Å². The summed E-state index contributed by atoms with van der Waals surface area (Å²) in [7, 11) is 0. The summed E-state index contributed by atoms with van der Waals surface area (Å²) in [6.07, 6.45) is 1.89. The number of halogens is 2. The van der Waals surface area contributed by atoms with Gasteiger partial charge in [0.15, 0.2) is 0 Å². The summed E-state index contributed by atoms with van der Waals surface area (Å²) in [5.74, 6) is 0.190. The van der Waals surface area contributed by atoms with Crippen molar-refractivity contribution in [3.63, 3.8) is 0 Å². The van der Waals surface area contributed by atoms with Crippen molar-refractivity contribution in [3.05, 3.63) is 17.4 Å². The molecule has 0 aromatic carbocycles. The summed E-state index contributed by atoms with van der Waals surface area (Å²) in [6.45, 7) is 1.99. The van der Waals surface area contributed by atoms with E-state index in [1.54, 1.807) is 0 Å². The van der Waals surface area contributed by atoms with E-state index in [1.165, 1.54) is 0 Å². The van der Waals surface area contributed by atoms with Crippen LogP contribution in [0.3, 0.4) is 0 Å². The van der Waals surface area contributed by atoms with E-state index in [4.69, 9.17) is 17.3 Å². The molecule has 1 unspecified atom stereocenters. The largest absolute Gasteiger partial charge is 0.368 e. The first-order chi connectivity index (χ1) is 6.59. The van der Waals surface area contributed by atoms with E-state index in [9.17, 15) is 0 Å². The second-order valence-electron chi connectivity index (χ2n) is 2.91. The molecule has 0 bridgehead atoms. The van der Waals surface area contributed by atoms with Crippen molar-refractivity contribution in [1.29, 1.82) is 0 Å². The minimum atomic E-state index is 0.144. The maximum Gasteiger partial charge on any atom is 0.223 e. The van der Waals surface area contributed by atoms with Crippen molar-refractivity contribution in [3.8, 4) is 0 Å².